The summed E-state index contributed by atoms with van der Waals surface area (Å²) >= 11 is 1.76. The van der Waals surface area contributed by atoms with Crippen LogP contribution in [-0.4, -0.2) is 31.8 Å². The highest BCUT2D eigenvalue weighted by Crippen LogP contribution is 2.23. The van der Waals surface area contributed by atoms with Crippen LogP contribution in [0.5, 0.6) is 0 Å². The fourth-order valence-electron chi connectivity index (χ4n) is 2.30. The first kappa shape index (κ1) is 16.1. The first-order valence-corrected chi connectivity index (χ1v) is 8.24. The second kappa shape index (κ2) is 8.27. The van der Waals surface area contributed by atoms with E-state index in [9.17, 15) is 0 Å². The molecule has 0 saturated heterocycles. The zero-order valence-corrected chi connectivity index (χ0v) is 13.9. The summed E-state index contributed by atoms with van der Waals surface area (Å²) in [4.78, 5) is 4.60. The Kier molecular flexibility index (Phi) is 6.36. The van der Waals surface area contributed by atoms with Gasteiger partial charge in [0, 0.05) is 43.6 Å². The molecule has 1 unspecified atom stereocenters. The molecule has 0 radical (unpaired) electrons. The van der Waals surface area contributed by atoms with Gasteiger partial charge < -0.3 is 10.1 Å². The lowest BCUT2D eigenvalue weighted by atomic mass is 9.95. The third-order valence-electron chi connectivity index (χ3n) is 3.51. The molecule has 0 spiro atoms. The number of nitrogens with zero attached hydrogens (tertiary/aromatic N) is 1. The Hall–Kier alpha value is -1.23. The fraction of sp³-hybridized carbons (Fsp3) is 0.471. The van der Waals surface area contributed by atoms with Crippen molar-refractivity contribution in [2.75, 3.05) is 26.8 Å². The van der Waals surface area contributed by atoms with Crippen molar-refractivity contribution in [3.05, 3.63) is 51.5 Å². The van der Waals surface area contributed by atoms with E-state index in [1.807, 2.05) is 0 Å². The minimum absolute atomic E-state index is 0.452. The molecule has 1 N–H and O–H groups in total. The van der Waals surface area contributed by atoms with Crippen molar-refractivity contribution >= 4 is 11.3 Å². The largest absolute Gasteiger partial charge is 0.383 e. The van der Waals surface area contributed by atoms with Crippen molar-refractivity contribution in [1.29, 1.82) is 0 Å². The summed E-state index contributed by atoms with van der Waals surface area (Å²) in [7, 11) is 1.73. The summed E-state index contributed by atoms with van der Waals surface area (Å²) in [6.07, 6.45) is 0.988. The summed E-state index contributed by atoms with van der Waals surface area (Å²) in [5, 5.41) is 6.82. The maximum absolute atomic E-state index is 5.09. The lowest BCUT2D eigenvalue weighted by molar-refractivity contribution is 0.199. The Morgan fingerprint density at radius 1 is 1.24 bits per heavy atom. The summed E-state index contributed by atoms with van der Waals surface area (Å²) in [6.45, 7) is 6.76. The Bertz CT molecular complexity index is 536. The highest BCUT2D eigenvalue weighted by Gasteiger charge is 2.14. The smallest absolute Gasteiger partial charge is 0.0934 e. The van der Waals surface area contributed by atoms with Crippen LogP contribution in [0.3, 0.4) is 0 Å². The lowest BCUT2D eigenvalue weighted by Gasteiger charge is -2.17. The van der Waals surface area contributed by atoms with Crippen molar-refractivity contribution in [3.63, 3.8) is 0 Å². The van der Waals surface area contributed by atoms with E-state index in [4.69, 9.17) is 4.74 Å². The molecule has 2 rings (SSSR count). The number of thiazole rings is 1. The Balaban J connectivity index is 2.04. The van der Waals surface area contributed by atoms with Crippen LogP contribution in [0.15, 0.2) is 29.6 Å². The Morgan fingerprint density at radius 2 is 2.00 bits per heavy atom. The zero-order valence-electron chi connectivity index (χ0n) is 13.1. The monoisotopic (exact) mass is 304 g/mol. The van der Waals surface area contributed by atoms with Crippen molar-refractivity contribution in [2.45, 2.75) is 26.2 Å². The zero-order chi connectivity index (χ0) is 15.1. The normalized spacial score (nSPS) is 12.5. The van der Waals surface area contributed by atoms with Gasteiger partial charge in [0.05, 0.1) is 11.6 Å². The van der Waals surface area contributed by atoms with Gasteiger partial charge in [0.2, 0.25) is 0 Å². The van der Waals surface area contributed by atoms with E-state index in [1.165, 1.54) is 16.1 Å². The first-order valence-electron chi connectivity index (χ1n) is 7.36. The molecule has 3 nitrogen and oxygen atoms in total. The quantitative estimate of drug-likeness (QED) is 0.760. The molecule has 0 bridgehead atoms. The molecule has 114 valence electrons. The number of hydrogen-bond acceptors (Lipinski definition) is 4. The molecule has 4 heteroatoms. The van der Waals surface area contributed by atoms with Crippen molar-refractivity contribution in [2.24, 2.45) is 0 Å². The van der Waals surface area contributed by atoms with E-state index in [1.54, 1.807) is 18.4 Å². The number of ether oxygens (including phenoxy) is 1. The van der Waals surface area contributed by atoms with Crippen LogP contribution in [0, 0.1) is 13.8 Å². The van der Waals surface area contributed by atoms with Crippen LogP contribution in [-0.2, 0) is 11.2 Å². The third kappa shape index (κ3) is 5.23. The molecule has 0 fully saturated rings. The first-order chi connectivity index (χ1) is 10.2. The molecule has 21 heavy (non-hydrogen) atoms. The van der Waals surface area contributed by atoms with Gasteiger partial charge in [-0.2, -0.15) is 0 Å². The molecular weight excluding hydrogens is 280 g/mol. The predicted molar refractivity (Wildman–Crippen MR) is 89.2 cm³/mol. The van der Waals surface area contributed by atoms with E-state index in [0.29, 0.717) is 5.92 Å². The maximum Gasteiger partial charge on any atom is 0.0934 e. The highest BCUT2D eigenvalue weighted by atomic mass is 32.1. The second-order valence-electron chi connectivity index (χ2n) is 5.39. The standard InChI is InChI=1S/C17H24N2OS/c1-13-4-6-15(7-5-13)16(11-18-8-9-20-3)10-17-19-14(2)12-21-17/h4-7,12,16,18H,8-11H2,1-3H3. The Labute approximate surface area is 131 Å². The second-order valence-corrected chi connectivity index (χ2v) is 6.33. The Morgan fingerprint density at radius 3 is 2.62 bits per heavy atom. The molecule has 0 aliphatic carbocycles. The van der Waals surface area contributed by atoms with Gasteiger partial charge in [0.1, 0.15) is 0 Å². The van der Waals surface area contributed by atoms with Gasteiger partial charge in [-0.1, -0.05) is 29.8 Å². The minimum Gasteiger partial charge on any atom is -0.383 e. The average Bonchev–Trinajstić information content (AvgIpc) is 2.88. The molecule has 0 saturated carbocycles. The number of methoxy groups -OCH3 is 1. The van der Waals surface area contributed by atoms with Gasteiger partial charge in [-0.15, -0.1) is 11.3 Å². The molecule has 2 aromatic rings. The number of benzene rings is 1. The molecule has 0 amide bonds. The van der Waals surface area contributed by atoms with Crippen molar-refractivity contribution in [3.8, 4) is 0 Å². The predicted octanol–water partition coefficient (Wildman–Crippen LogP) is 3.32. The van der Waals surface area contributed by atoms with Crippen LogP contribution < -0.4 is 5.32 Å². The third-order valence-corrected chi connectivity index (χ3v) is 4.50. The van der Waals surface area contributed by atoms with Crippen LogP contribution in [0.2, 0.25) is 0 Å². The lowest BCUT2D eigenvalue weighted by Crippen LogP contribution is -2.26. The SMILES string of the molecule is COCCNCC(Cc1nc(C)cs1)c1ccc(C)cc1. The van der Waals surface area contributed by atoms with Crippen LogP contribution in [0.25, 0.3) is 0 Å². The van der Waals surface area contributed by atoms with Gasteiger partial charge in [0.25, 0.3) is 0 Å². The van der Waals surface area contributed by atoms with Gasteiger partial charge in [-0.25, -0.2) is 4.98 Å². The number of aromatic nitrogens is 1. The van der Waals surface area contributed by atoms with E-state index in [0.717, 1.165) is 31.8 Å². The van der Waals surface area contributed by atoms with Crippen LogP contribution in [0.4, 0.5) is 0 Å². The van der Waals surface area contributed by atoms with Gasteiger partial charge in [-0.3, -0.25) is 0 Å². The van der Waals surface area contributed by atoms with E-state index >= 15 is 0 Å². The highest BCUT2D eigenvalue weighted by molar-refractivity contribution is 7.09. The van der Waals surface area contributed by atoms with Crippen LogP contribution in [0.1, 0.15) is 27.7 Å². The topological polar surface area (TPSA) is 34.1 Å². The number of aryl methyl sites for hydroxylation is 2. The fourth-order valence-corrected chi connectivity index (χ4v) is 3.16. The van der Waals surface area contributed by atoms with Gasteiger partial charge in [0.15, 0.2) is 0 Å². The summed E-state index contributed by atoms with van der Waals surface area (Å²) in [5.74, 6) is 0.452. The van der Waals surface area contributed by atoms with E-state index in [-0.39, 0.29) is 0 Å². The van der Waals surface area contributed by atoms with E-state index in [2.05, 4.69) is 53.8 Å². The number of rotatable bonds is 8. The summed E-state index contributed by atoms with van der Waals surface area (Å²) in [6, 6.07) is 8.84. The van der Waals surface area contributed by atoms with Crippen molar-refractivity contribution in [1.82, 2.24) is 10.3 Å². The van der Waals surface area contributed by atoms with Crippen molar-refractivity contribution < 1.29 is 4.74 Å². The number of nitrogens with one attached hydrogen (secondary N) is 1. The molecule has 1 atom stereocenters. The molecule has 1 aromatic heterocycles. The number of hydrogen-bond donors (Lipinski definition) is 1. The van der Waals surface area contributed by atoms with Gasteiger partial charge in [-0.05, 0) is 19.4 Å². The van der Waals surface area contributed by atoms with Gasteiger partial charge >= 0.3 is 0 Å². The molecular formula is C17H24N2OS. The molecule has 1 aromatic carbocycles. The minimum atomic E-state index is 0.452. The maximum atomic E-state index is 5.09. The summed E-state index contributed by atoms with van der Waals surface area (Å²) < 4.78 is 5.09. The van der Waals surface area contributed by atoms with Crippen LogP contribution >= 0.6 is 11.3 Å². The van der Waals surface area contributed by atoms with E-state index < -0.39 is 0 Å². The summed E-state index contributed by atoms with van der Waals surface area (Å²) in [5.41, 5.74) is 3.79. The average molecular weight is 304 g/mol. The molecule has 0 aliphatic heterocycles. The molecule has 1 heterocycles. The molecule has 0 aliphatic rings.